The van der Waals surface area contributed by atoms with Crippen LogP contribution in [0.1, 0.15) is 51.7 Å². The van der Waals surface area contributed by atoms with Crippen molar-refractivity contribution < 1.29 is 4.74 Å². The van der Waals surface area contributed by atoms with Crippen LogP contribution in [0.3, 0.4) is 0 Å². The van der Waals surface area contributed by atoms with Crippen LogP contribution in [0.25, 0.3) is 0 Å². The third-order valence-electron chi connectivity index (χ3n) is 4.27. The molecule has 3 nitrogen and oxygen atoms in total. The summed E-state index contributed by atoms with van der Waals surface area (Å²) < 4.78 is 8.18. The Hall–Kier alpha value is -1.55. The zero-order chi connectivity index (χ0) is 19.6. The van der Waals surface area contributed by atoms with Crippen molar-refractivity contribution in [3.8, 4) is 0 Å². The second kappa shape index (κ2) is 11.3. The molecule has 0 bridgehead atoms. The van der Waals surface area contributed by atoms with Crippen molar-refractivity contribution in [2.75, 3.05) is 6.61 Å². The van der Waals surface area contributed by atoms with E-state index in [-0.39, 0.29) is 6.10 Å². The van der Waals surface area contributed by atoms with Crippen LogP contribution in [0.5, 0.6) is 0 Å². The normalized spacial score (nSPS) is 12.9. The summed E-state index contributed by atoms with van der Waals surface area (Å²) in [4.78, 5) is 4.11. The Morgan fingerprint density at radius 1 is 1.19 bits per heavy atom. The van der Waals surface area contributed by atoms with Gasteiger partial charge in [-0.3, -0.25) is 0 Å². The molecule has 2 rings (SSSR count). The Morgan fingerprint density at radius 3 is 2.67 bits per heavy atom. The minimum Gasteiger partial charge on any atom is -0.371 e. The Bertz CT molecular complexity index is 763. The number of halogens is 2. The van der Waals surface area contributed by atoms with Crippen LogP contribution in [0.4, 0.5) is 0 Å². The lowest BCUT2D eigenvalue weighted by molar-refractivity contribution is 0.0435. The first-order chi connectivity index (χ1) is 13.0. The number of aromatic nitrogens is 2. The monoisotopic (exact) mass is 406 g/mol. The minimum absolute atomic E-state index is 0.150. The summed E-state index contributed by atoms with van der Waals surface area (Å²) in [7, 11) is 0. The number of rotatable bonds is 10. The van der Waals surface area contributed by atoms with Crippen molar-refractivity contribution in [2.45, 2.75) is 52.7 Å². The molecule has 0 fully saturated rings. The van der Waals surface area contributed by atoms with E-state index in [0.29, 0.717) is 23.2 Å². The van der Waals surface area contributed by atoms with Crippen molar-refractivity contribution in [1.29, 1.82) is 0 Å². The van der Waals surface area contributed by atoms with Gasteiger partial charge in [-0.05, 0) is 52.2 Å². The Labute approximate surface area is 172 Å². The van der Waals surface area contributed by atoms with Gasteiger partial charge in [-0.15, -0.1) is 0 Å². The lowest BCUT2D eigenvalue weighted by Gasteiger charge is -2.20. The second-order valence-electron chi connectivity index (χ2n) is 6.94. The van der Waals surface area contributed by atoms with Gasteiger partial charge in [-0.25, -0.2) is 4.98 Å². The highest BCUT2D eigenvalue weighted by Gasteiger charge is 2.16. The third kappa shape index (κ3) is 7.92. The van der Waals surface area contributed by atoms with Gasteiger partial charge in [-0.1, -0.05) is 52.6 Å². The second-order valence-corrected chi connectivity index (χ2v) is 7.79. The maximum absolute atomic E-state index is 6.40. The van der Waals surface area contributed by atoms with Gasteiger partial charge < -0.3 is 9.30 Å². The standard InChI is InChI=1S/C22H28Cl2N2O/c1-17(2)6-4-7-18(3)8-5-13-27-22(15-26-12-11-25-16-26)20-10-9-19(23)14-21(20)24/h6,8-12,14,16,22H,4-5,7,13,15H2,1-3H3/b18-8-. The summed E-state index contributed by atoms with van der Waals surface area (Å²) in [5.41, 5.74) is 3.71. The van der Waals surface area contributed by atoms with Gasteiger partial charge in [0.1, 0.15) is 6.10 Å². The van der Waals surface area contributed by atoms with Crippen molar-refractivity contribution in [1.82, 2.24) is 9.55 Å². The van der Waals surface area contributed by atoms with Gasteiger partial charge in [0.15, 0.2) is 0 Å². The van der Waals surface area contributed by atoms with E-state index in [1.165, 1.54) is 11.1 Å². The van der Waals surface area contributed by atoms with E-state index in [1.54, 1.807) is 18.6 Å². The molecule has 27 heavy (non-hydrogen) atoms. The van der Waals surface area contributed by atoms with Gasteiger partial charge in [0.25, 0.3) is 0 Å². The van der Waals surface area contributed by atoms with Gasteiger partial charge in [-0.2, -0.15) is 0 Å². The first-order valence-corrected chi connectivity index (χ1v) is 10.0. The summed E-state index contributed by atoms with van der Waals surface area (Å²) in [6.07, 6.45) is 12.9. The van der Waals surface area contributed by atoms with Gasteiger partial charge in [0.05, 0.1) is 19.5 Å². The number of benzene rings is 1. The Kier molecular flexibility index (Phi) is 9.12. The van der Waals surface area contributed by atoms with Crippen molar-refractivity contribution in [2.24, 2.45) is 0 Å². The van der Waals surface area contributed by atoms with Crippen molar-refractivity contribution >= 4 is 23.2 Å². The highest BCUT2D eigenvalue weighted by Crippen LogP contribution is 2.29. The quantitative estimate of drug-likeness (QED) is 0.312. The van der Waals surface area contributed by atoms with Crippen molar-refractivity contribution in [3.63, 3.8) is 0 Å². The maximum atomic E-state index is 6.40. The molecular formula is C22H28Cl2N2O. The lowest BCUT2D eigenvalue weighted by atomic mass is 10.1. The number of nitrogens with zero attached hydrogens (tertiary/aromatic N) is 2. The number of hydrogen-bond donors (Lipinski definition) is 0. The van der Waals surface area contributed by atoms with Crippen LogP contribution in [-0.4, -0.2) is 16.2 Å². The van der Waals surface area contributed by atoms with Crippen LogP contribution in [-0.2, 0) is 11.3 Å². The molecule has 1 unspecified atom stereocenters. The van der Waals surface area contributed by atoms with Gasteiger partial charge in [0, 0.05) is 28.0 Å². The molecule has 5 heteroatoms. The highest BCUT2D eigenvalue weighted by molar-refractivity contribution is 6.35. The molecule has 1 aromatic carbocycles. The van der Waals surface area contributed by atoms with E-state index in [0.717, 1.165) is 24.8 Å². The Balaban J connectivity index is 1.95. The van der Waals surface area contributed by atoms with E-state index < -0.39 is 0 Å². The van der Waals surface area contributed by atoms with Crippen LogP contribution in [0, 0.1) is 0 Å². The molecule has 0 saturated heterocycles. The molecule has 2 aromatic rings. The van der Waals surface area contributed by atoms with Crippen LogP contribution in [0.15, 0.2) is 60.2 Å². The highest BCUT2D eigenvalue weighted by atomic mass is 35.5. The number of allylic oxidation sites excluding steroid dienone is 3. The van der Waals surface area contributed by atoms with E-state index in [1.807, 2.05) is 22.9 Å². The number of hydrogen-bond acceptors (Lipinski definition) is 2. The zero-order valence-corrected chi connectivity index (χ0v) is 17.8. The topological polar surface area (TPSA) is 27.1 Å². The average molecular weight is 407 g/mol. The summed E-state index contributed by atoms with van der Waals surface area (Å²) in [5, 5.41) is 1.25. The molecule has 0 aliphatic heterocycles. The van der Waals surface area contributed by atoms with Crippen LogP contribution < -0.4 is 0 Å². The molecular weight excluding hydrogens is 379 g/mol. The van der Waals surface area contributed by atoms with E-state index in [9.17, 15) is 0 Å². The summed E-state index contributed by atoms with van der Waals surface area (Å²) in [6, 6.07) is 5.54. The predicted octanol–water partition coefficient (Wildman–Crippen LogP) is 7.03. The van der Waals surface area contributed by atoms with Crippen molar-refractivity contribution in [3.05, 3.63) is 75.8 Å². The molecule has 0 saturated carbocycles. The molecule has 1 atom stereocenters. The largest absolute Gasteiger partial charge is 0.371 e. The smallest absolute Gasteiger partial charge is 0.102 e. The number of ether oxygens (including phenoxy) is 1. The molecule has 0 spiro atoms. The first-order valence-electron chi connectivity index (χ1n) is 9.27. The molecule has 146 valence electrons. The molecule has 0 aliphatic rings. The fourth-order valence-electron chi connectivity index (χ4n) is 2.80. The fourth-order valence-corrected chi connectivity index (χ4v) is 3.33. The minimum atomic E-state index is -0.150. The molecule has 0 radical (unpaired) electrons. The zero-order valence-electron chi connectivity index (χ0n) is 16.3. The van der Waals surface area contributed by atoms with E-state index in [2.05, 4.69) is 37.9 Å². The fraction of sp³-hybridized carbons (Fsp3) is 0.409. The SMILES string of the molecule is CC(C)=CCC/C(C)=C\CCOC(Cn1ccnc1)c1ccc(Cl)cc1Cl. The molecule has 0 amide bonds. The van der Waals surface area contributed by atoms with E-state index >= 15 is 0 Å². The molecule has 1 heterocycles. The predicted molar refractivity (Wildman–Crippen MR) is 114 cm³/mol. The summed E-state index contributed by atoms with van der Waals surface area (Å²) >= 11 is 12.4. The lowest BCUT2D eigenvalue weighted by Crippen LogP contribution is -2.13. The van der Waals surface area contributed by atoms with Crippen LogP contribution >= 0.6 is 23.2 Å². The van der Waals surface area contributed by atoms with E-state index in [4.69, 9.17) is 27.9 Å². The summed E-state index contributed by atoms with van der Waals surface area (Å²) in [6.45, 7) is 7.74. The number of imidazole rings is 1. The maximum Gasteiger partial charge on any atom is 0.102 e. The van der Waals surface area contributed by atoms with Crippen LogP contribution in [0.2, 0.25) is 10.0 Å². The molecule has 1 aromatic heterocycles. The first kappa shape index (κ1) is 21.7. The molecule has 0 N–H and O–H groups in total. The average Bonchev–Trinajstić information content (AvgIpc) is 3.10. The summed E-state index contributed by atoms with van der Waals surface area (Å²) in [5.74, 6) is 0. The van der Waals surface area contributed by atoms with Gasteiger partial charge >= 0.3 is 0 Å². The third-order valence-corrected chi connectivity index (χ3v) is 4.83. The Morgan fingerprint density at radius 2 is 2.00 bits per heavy atom. The van der Waals surface area contributed by atoms with Gasteiger partial charge in [0.2, 0.25) is 0 Å². The molecule has 0 aliphatic carbocycles.